The average Bonchev–Trinajstić information content (AvgIpc) is 2.37. The van der Waals surface area contributed by atoms with Crippen LogP contribution in [0.15, 0.2) is 36.3 Å². The fraction of sp³-hybridized carbons (Fsp3) is 0.533. The van der Waals surface area contributed by atoms with Gasteiger partial charge in [0.1, 0.15) is 0 Å². The monoisotopic (exact) mass is 232 g/mol. The van der Waals surface area contributed by atoms with E-state index in [0.29, 0.717) is 6.04 Å². The lowest BCUT2D eigenvalue weighted by molar-refractivity contribution is 0.576. The highest BCUT2D eigenvalue weighted by atomic mass is 14.9. The summed E-state index contributed by atoms with van der Waals surface area (Å²) in [7, 11) is 0. The second-order valence-electron chi connectivity index (χ2n) is 4.45. The maximum Gasteiger partial charge on any atom is 0.0270 e. The second kappa shape index (κ2) is 7.88. The SMILES string of the molecule is CC/C=C(\CCc1ccncc1)N[C@H](C)CC. The van der Waals surface area contributed by atoms with Gasteiger partial charge in [-0.05, 0) is 50.3 Å². The third-order valence-corrected chi connectivity index (χ3v) is 2.93. The standard InChI is InChI=1S/C15H24N2/c1-4-6-15(17-13(3)5-2)8-7-14-9-11-16-12-10-14/h6,9-13,17H,4-5,7-8H2,1-3H3/b15-6+/t13-/m1/s1. The molecule has 0 fully saturated rings. The van der Waals surface area contributed by atoms with Crippen molar-refractivity contribution in [2.45, 2.75) is 52.5 Å². The molecule has 0 aromatic carbocycles. The molecular formula is C15H24N2. The zero-order valence-electron chi connectivity index (χ0n) is 11.2. The van der Waals surface area contributed by atoms with Crippen LogP contribution in [0.1, 0.15) is 45.6 Å². The third-order valence-electron chi connectivity index (χ3n) is 2.93. The van der Waals surface area contributed by atoms with Gasteiger partial charge in [-0.3, -0.25) is 4.98 Å². The first-order valence-electron chi connectivity index (χ1n) is 6.60. The minimum atomic E-state index is 0.560. The van der Waals surface area contributed by atoms with Gasteiger partial charge in [0.15, 0.2) is 0 Å². The van der Waals surface area contributed by atoms with E-state index in [1.807, 2.05) is 12.4 Å². The highest BCUT2D eigenvalue weighted by Gasteiger charge is 2.02. The van der Waals surface area contributed by atoms with Crippen molar-refractivity contribution in [2.75, 3.05) is 0 Å². The molecule has 0 aliphatic carbocycles. The number of pyridine rings is 1. The lowest BCUT2D eigenvalue weighted by atomic mass is 10.1. The number of rotatable bonds is 7. The van der Waals surface area contributed by atoms with E-state index in [9.17, 15) is 0 Å². The number of nitrogens with zero attached hydrogens (tertiary/aromatic N) is 1. The summed E-state index contributed by atoms with van der Waals surface area (Å²) in [5, 5.41) is 3.58. The number of aryl methyl sites for hydroxylation is 1. The van der Waals surface area contributed by atoms with Gasteiger partial charge in [0.2, 0.25) is 0 Å². The van der Waals surface area contributed by atoms with Crippen LogP contribution in [0.4, 0.5) is 0 Å². The molecule has 1 N–H and O–H groups in total. The Morgan fingerprint density at radius 2 is 2.06 bits per heavy atom. The van der Waals surface area contributed by atoms with Crippen molar-refractivity contribution in [3.05, 3.63) is 41.9 Å². The number of nitrogens with one attached hydrogen (secondary N) is 1. The Morgan fingerprint density at radius 1 is 1.35 bits per heavy atom. The maximum absolute atomic E-state index is 4.04. The molecule has 0 saturated carbocycles. The molecule has 2 heteroatoms. The topological polar surface area (TPSA) is 24.9 Å². The first-order chi connectivity index (χ1) is 8.26. The molecule has 1 rings (SSSR count). The number of hydrogen-bond acceptors (Lipinski definition) is 2. The number of aromatic nitrogens is 1. The minimum Gasteiger partial charge on any atom is -0.386 e. The van der Waals surface area contributed by atoms with Gasteiger partial charge in [-0.15, -0.1) is 0 Å². The number of allylic oxidation sites excluding steroid dienone is 2. The van der Waals surface area contributed by atoms with Gasteiger partial charge in [0.05, 0.1) is 0 Å². The fourth-order valence-electron chi connectivity index (χ4n) is 1.73. The molecule has 0 bridgehead atoms. The molecule has 0 spiro atoms. The Morgan fingerprint density at radius 3 is 2.65 bits per heavy atom. The molecule has 17 heavy (non-hydrogen) atoms. The average molecular weight is 232 g/mol. The summed E-state index contributed by atoms with van der Waals surface area (Å²) in [6.45, 7) is 6.63. The van der Waals surface area contributed by atoms with E-state index in [0.717, 1.165) is 25.7 Å². The van der Waals surface area contributed by atoms with Crippen LogP contribution in [0.25, 0.3) is 0 Å². The predicted molar refractivity (Wildman–Crippen MR) is 73.8 cm³/mol. The second-order valence-corrected chi connectivity index (χ2v) is 4.45. The van der Waals surface area contributed by atoms with E-state index in [1.54, 1.807) is 0 Å². The van der Waals surface area contributed by atoms with Gasteiger partial charge in [-0.25, -0.2) is 0 Å². The smallest absolute Gasteiger partial charge is 0.0270 e. The Bertz CT molecular complexity index is 330. The lowest BCUT2D eigenvalue weighted by Gasteiger charge is -2.16. The first kappa shape index (κ1) is 13.8. The first-order valence-corrected chi connectivity index (χ1v) is 6.60. The molecule has 1 atom stereocenters. The van der Waals surface area contributed by atoms with Crippen molar-refractivity contribution in [2.24, 2.45) is 0 Å². The van der Waals surface area contributed by atoms with Gasteiger partial charge in [-0.2, -0.15) is 0 Å². The van der Waals surface area contributed by atoms with Gasteiger partial charge >= 0.3 is 0 Å². The third kappa shape index (κ3) is 5.53. The quantitative estimate of drug-likeness (QED) is 0.775. The van der Waals surface area contributed by atoms with Gasteiger partial charge < -0.3 is 5.32 Å². The summed E-state index contributed by atoms with van der Waals surface area (Å²) in [5.41, 5.74) is 2.73. The van der Waals surface area contributed by atoms with Crippen molar-refractivity contribution in [3.8, 4) is 0 Å². The predicted octanol–water partition coefficient (Wildman–Crippen LogP) is 3.70. The molecule has 1 aromatic rings. The highest BCUT2D eigenvalue weighted by molar-refractivity contribution is 5.12. The minimum absolute atomic E-state index is 0.560. The Kier molecular flexibility index (Phi) is 6.38. The zero-order valence-corrected chi connectivity index (χ0v) is 11.2. The van der Waals surface area contributed by atoms with Gasteiger partial charge in [-0.1, -0.05) is 19.9 Å². The van der Waals surface area contributed by atoms with Crippen LogP contribution >= 0.6 is 0 Å². The van der Waals surface area contributed by atoms with Crippen LogP contribution in [0.5, 0.6) is 0 Å². The Balaban J connectivity index is 2.48. The molecule has 1 aromatic heterocycles. The van der Waals surface area contributed by atoms with Crippen LogP contribution in [-0.4, -0.2) is 11.0 Å². The lowest BCUT2D eigenvalue weighted by Crippen LogP contribution is -2.24. The van der Waals surface area contributed by atoms with Crippen LogP contribution in [0, 0.1) is 0 Å². The van der Waals surface area contributed by atoms with Crippen molar-refractivity contribution in [1.82, 2.24) is 10.3 Å². The Hall–Kier alpha value is -1.31. The normalized spacial score (nSPS) is 13.5. The summed E-state index contributed by atoms with van der Waals surface area (Å²) >= 11 is 0. The van der Waals surface area contributed by atoms with Crippen molar-refractivity contribution in [1.29, 1.82) is 0 Å². The van der Waals surface area contributed by atoms with Crippen molar-refractivity contribution >= 4 is 0 Å². The molecule has 0 amide bonds. The van der Waals surface area contributed by atoms with Crippen LogP contribution in [-0.2, 0) is 6.42 Å². The zero-order chi connectivity index (χ0) is 12.5. The van der Waals surface area contributed by atoms with E-state index in [2.05, 4.69) is 49.3 Å². The summed E-state index contributed by atoms with van der Waals surface area (Å²) < 4.78 is 0. The van der Waals surface area contributed by atoms with Crippen molar-refractivity contribution in [3.63, 3.8) is 0 Å². The summed E-state index contributed by atoms with van der Waals surface area (Å²) in [6, 6.07) is 4.74. The molecule has 0 saturated heterocycles. The molecule has 0 aliphatic rings. The Labute approximate surface area is 105 Å². The summed E-state index contributed by atoms with van der Waals surface area (Å²) in [5.74, 6) is 0. The van der Waals surface area contributed by atoms with Crippen LogP contribution in [0.2, 0.25) is 0 Å². The van der Waals surface area contributed by atoms with Gasteiger partial charge in [0, 0.05) is 24.1 Å². The fourth-order valence-corrected chi connectivity index (χ4v) is 1.73. The van der Waals surface area contributed by atoms with Gasteiger partial charge in [0.25, 0.3) is 0 Å². The maximum atomic E-state index is 4.04. The molecular weight excluding hydrogens is 208 g/mol. The van der Waals surface area contributed by atoms with Crippen LogP contribution in [0.3, 0.4) is 0 Å². The van der Waals surface area contributed by atoms with E-state index >= 15 is 0 Å². The summed E-state index contributed by atoms with van der Waals surface area (Å²) in [6.07, 6.45) is 10.4. The van der Waals surface area contributed by atoms with E-state index < -0.39 is 0 Å². The van der Waals surface area contributed by atoms with E-state index in [-0.39, 0.29) is 0 Å². The van der Waals surface area contributed by atoms with E-state index in [1.165, 1.54) is 11.3 Å². The highest BCUT2D eigenvalue weighted by Crippen LogP contribution is 2.08. The molecule has 0 radical (unpaired) electrons. The molecule has 1 heterocycles. The van der Waals surface area contributed by atoms with E-state index in [4.69, 9.17) is 0 Å². The largest absolute Gasteiger partial charge is 0.386 e. The molecule has 2 nitrogen and oxygen atoms in total. The molecule has 0 unspecified atom stereocenters. The van der Waals surface area contributed by atoms with Crippen molar-refractivity contribution < 1.29 is 0 Å². The molecule has 94 valence electrons. The summed E-state index contributed by atoms with van der Waals surface area (Å²) in [4.78, 5) is 4.04. The molecule has 0 aliphatic heterocycles. The van der Waals surface area contributed by atoms with Crippen LogP contribution < -0.4 is 5.32 Å². The number of hydrogen-bond donors (Lipinski definition) is 1.